The Kier molecular flexibility index (Phi) is 6.94. The molecule has 1 aromatic rings. The second-order valence-corrected chi connectivity index (χ2v) is 10.4. The van der Waals surface area contributed by atoms with Crippen molar-refractivity contribution in [2.24, 2.45) is 5.92 Å². The Hall–Kier alpha value is -0.960. The zero-order valence-corrected chi connectivity index (χ0v) is 18.1. The van der Waals surface area contributed by atoms with Gasteiger partial charge in [-0.2, -0.15) is 4.31 Å². The highest BCUT2D eigenvalue weighted by Gasteiger charge is 2.30. The smallest absolute Gasteiger partial charge is 0.243 e. The van der Waals surface area contributed by atoms with Crippen LogP contribution >= 0.6 is 15.9 Å². The number of nitrogens with zero attached hydrogens (tertiary/aromatic N) is 2. The number of piperazine rings is 1. The summed E-state index contributed by atoms with van der Waals surface area (Å²) in [6.45, 7) is 4.50. The monoisotopic (exact) mass is 457 g/mol. The molecule has 1 saturated carbocycles. The molecule has 0 aromatic heterocycles. The van der Waals surface area contributed by atoms with Crippen molar-refractivity contribution in [2.45, 2.75) is 43.5 Å². The highest BCUT2D eigenvalue weighted by atomic mass is 79.9. The van der Waals surface area contributed by atoms with Crippen molar-refractivity contribution in [1.82, 2.24) is 14.5 Å². The summed E-state index contributed by atoms with van der Waals surface area (Å²) in [7, 11) is -3.49. The van der Waals surface area contributed by atoms with E-state index in [9.17, 15) is 13.2 Å². The van der Waals surface area contributed by atoms with Gasteiger partial charge in [0.05, 0.1) is 11.4 Å². The number of rotatable bonds is 5. The fraction of sp³-hybridized carbons (Fsp3) is 0.632. The van der Waals surface area contributed by atoms with E-state index in [0.717, 1.165) is 10.9 Å². The predicted molar refractivity (Wildman–Crippen MR) is 109 cm³/mol. The molecule has 0 bridgehead atoms. The van der Waals surface area contributed by atoms with Crippen LogP contribution < -0.4 is 5.32 Å². The van der Waals surface area contributed by atoms with Gasteiger partial charge in [0.25, 0.3) is 0 Å². The van der Waals surface area contributed by atoms with Gasteiger partial charge >= 0.3 is 0 Å². The number of benzene rings is 1. The van der Waals surface area contributed by atoms with E-state index >= 15 is 0 Å². The van der Waals surface area contributed by atoms with Crippen molar-refractivity contribution in [2.75, 3.05) is 32.7 Å². The Labute approximate surface area is 170 Å². The fourth-order valence-electron chi connectivity index (χ4n) is 3.89. The molecule has 3 rings (SSSR count). The summed E-state index contributed by atoms with van der Waals surface area (Å²) in [5, 5.41) is 3.17. The Bertz CT molecular complexity index is 763. The lowest BCUT2D eigenvalue weighted by molar-refractivity contribution is -0.123. The van der Waals surface area contributed by atoms with Gasteiger partial charge in [-0.05, 0) is 37.0 Å². The minimum Gasteiger partial charge on any atom is -0.352 e. The molecule has 2 atom stereocenters. The van der Waals surface area contributed by atoms with Crippen molar-refractivity contribution in [3.63, 3.8) is 0 Å². The third kappa shape index (κ3) is 5.31. The summed E-state index contributed by atoms with van der Waals surface area (Å²) in [6, 6.07) is 7.06. The Morgan fingerprint density at radius 3 is 2.56 bits per heavy atom. The molecule has 8 heteroatoms. The van der Waals surface area contributed by atoms with Gasteiger partial charge in [-0.25, -0.2) is 8.42 Å². The van der Waals surface area contributed by atoms with E-state index in [1.807, 2.05) is 11.0 Å². The summed E-state index contributed by atoms with van der Waals surface area (Å²) < 4.78 is 27.8. The standard InChI is InChI=1S/C19H28BrN3O3S/c1-15-5-2-3-8-18(15)21-19(24)14-22-9-11-23(12-10-22)27(25,26)17-7-4-6-16(20)13-17/h4,6-7,13,15,18H,2-3,5,8-12,14H2,1H3,(H,21,24)/t15-,18-/m1/s1. The predicted octanol–water partition coefficient (Wildman–Crippen LogP) is 2.45. The van der Waals surface area contributed by atoms with Crippen molar-refractivity contribution >= 4 is 31.9 Å². The Morgan fingerprint density at radius 2 is 1.89 bits per heavy atom. The molecular weight excluding hydrogens is 430 g/mol. The second-order valence-electron chi connectivity index (χ2n) is 7.57. The lowest BCUT2D eigenvalue weighted by atomic mass is 9.86. The molecule has 6 nitrogen and oxygen atoms in total. The van der Waals surface area contributed by atoms with Crippen LogP contribution in [-0.4, -0.2) is 62.3 Å². The third-order valence-electron chi connectivity index (χ3n) is 5.59. The Morgan fingerprint density at radius 1 is 1.19 bits per heavy atom. The molecule has 2 fully saturated rings. The van der Waals surface area contributed by atoms with Crippen molar-refractivity contribution in [1.29, 1.82) is 0 Å². The molecule has 0 radical (unpaired) electrons. The van der Waals surface area contributed by atoms with E-state index in [-0.39, 0.29) is 11.9 Å². The molecule has 1 heterocycles. The fourth-order valence-corrected chi connectivity index (χ4v) is 5.91. The van der Waals surface area contributed by atoms with E-state index in [1.165, 1.54) is 23.6 Å². The van der Waals surface area contributed by atoms with E-state index in [4.69, 9.17) is 0 Å². The summed E-state index contributed by atoms with van der Waals surface area (Å²) in [4.78, 5) is 14.7. The lowest BCUT2D eigenvalue weighted by Crippen LogP contribution is -2.52. The summed E-state index contributed by atoms with van der Waals surface area (Å²) in [5.41, 5.74) is 0. The first kappa shape index (κ1) is 20.8. The number of sulfonamides is 1. The number of carbonyl (C=O) groups excluding carboxylic acids is 1. The number of nitrogens with one attached hydrogen (secondary N) is 1. The van der Waals surface area contributed by atoms with Gasteiger partial charge in [0.1, 0.15) is 0 Å². The highest BCUT2D eigenvalue weighted by molar-refractivity contribution is 9.10. The molecule has 2 aliphatic rings. The molecule has 1 saturated heterocycles. The Balaban J connectivity index is 1.50. The normalized spacial score (nSPS) is 25.3. The van der Waals surface area contributed by atoms with Gasteiger partial charge < -0.3 is 5.32 Å². The van der Waals surface area contributed by atoms with Crippen LogP contribution in [0.25, 0.3) is 0 Å². The maximum atomic E-state index is 12.8. The lowest BCUT2D eigenvalue weighted by Gasteiger charge is -2.34. The zero-order valence-electron chi connectivity index (χ0n) is 15.7. The number of amides is 1. The molecular formula is C19H28BrN3O3S. The van der Waals surface area contributed by atoms with Gasteiger partial charge in [-0.3, -0.25) is 9.69 Å². The first-order valence-corrected chi connectivity index (χ1v) is 11.9. The maximum Gasteiger partial charge on any atom is 0.243 e. The van der Waals surface area contributed by atoms with Crippen LogP contribution in [0.4, 0.5) is 0 Å². The molecule has 1 amide bonds. The molecule has 0 unspecified atom stereocenters. The van der Waals surface area contributed by atoms with Gasteiger partial charge in [-0.15, -0.1) is 0 Å². The van der Waals surface area contributed by atoms with E-state index in [0.29, 0.717) is 43.5 Å². The number of hydrogen-bond donors (Lipinski definition) is 1. The van der Waals surface area contributed by atoms with E-state index < -0.39 is 10.0 Å². The molecule has 150 valence electrons. The minimum atomic E-state index is -3.49. The van der Waals surface area contributed by atoms with Crippen molar-refractivity contribution < 1.29 is 13.2 Å². The molecule has 27 heavy (non-hydrogen) atoms. The van der Waals surface area contributed by atoms with Crippen LogP contribution in [0.5, 0.6) is 0 Å². The van der Waals surface area contributed by atoms with Crippen LogP contribution in [0.3, 0.4) is 0 Å². The summed E-state index contributed by atoms with van der Waals surface area (Å²) >= 11 is 3.32. The van der Waals surface area contributed by atoms with Crippen molar-refractivity contribution in [3.05, 3.63) is 28.7 Å². The number of hydrogen-bond acceptors (Lipinski definition) is 4. The number of halogens is 1. The number of carbonyl (C=O) groups is 1. The maximum absolute atomic E-state index is 12.8. The summed E-state index contributed by atoms with van der Waals surface area (Å²) in [5.74, 6) is 0.590. The SMILES string of the molecule is C[C@@H]1CCCC[C@H]1NC(=O)CN1CCN(S(=O)(=O)c2cccc(Br)c2)CC1. The zero-order chi connectivity index (χ0) is 19.4. The largest absolute Gasteiger partial charge is 0.352 e. The van der Waals surface area contributed by atoms with Gasteiger partial charge in [-0.1, -0.05) is 41.8 Å². The van der Waals surface area contributed by atoms with E-state index in [1.54, 1.807) is 18.2 Å². The highest BCUT2D eigenvalue weighted by Crippen LogP contribution is 2.24. The second kappa shape index (κ2) is 9.03. The van der Waals surface area contributed by atoms with Crippen LogP contribution in [-0.2, 0) is 14.8 Å². The summed E-state index contributed by atoms with van der Waals surface area (Å²) in [6.07, 6.45) is 4.67. The molecule has 0 spiro atoms. The van der Waals surface area contributed by atoms with Gasteiger partial charge in [0.15, 0.2) is 0 Å². The molecule has 1 aliphatic heterocycles. The first-order valence-electron chi connectivity index (χ1n) is 9.64. The van der Waals surface area contributed by atoms with Crippen LogP contribution in [0.15, 0.2) is 33.6 Å². The molecule has 1 N–H and O–H groups in total. The average Bonchev–Trinajstić information content (AvgIpc) is 2.64. The van der Waals surface area contributed by atoms with Crippen LogP contribution in [0, 0.1) is 5.92 Å². The van der Waals surface area contributed by atoms with Crippen LogP contribution in [0.2, 0.25) is 0 Å². The minimum absolute atomic E-state index is 0.0528. The topological polar surface area (TPSA) is 69.7 Å². The quantitative estimate of drug-likeness (QED) is 0.736. The van der Waals surface area contributed by atoms with Gasteiger partial charge in [0.2, 0.25) is 15.9 Å². The van der Waals surface area contributed by atoms with Crippen molar-refractivity contribution in [3.8, 4) is 0 Å². The average molecular weight is 458 g/mol. The first-order chi connectivity index (χ1) is 12.9. The molecule has 1 aromatic carbocycles. The van der Waals surface area contributed by atoms with Gasteiger partial charge in [0, 0.05) is 36.7 Å². The van der Waals surface area contributed by atoms with E-state index in [2.05, 4.69) is 28.2 Å². The molecule has 1 aliphatic carbocycles. The van der Waals surface area contributed by atoms with Crippen LogP contribution in [0.1, 0.15) is 32.6 Å². The third-order valence-corrected chi connectivity index (χ3v) is 7.98.